The van der Waals surface area contributed by atoms with Gasteiger partial charge in [-0.1, -0.05) is 6.07 Å². The normalized spacial score (nSPS) is 23.0. The number of hydrogen-bond donors (Lipinski definition) is 1. The number of pyridine rings is 1. The lowest BCUT2D eigenvalue weighted by Gasteiger charge is -2.37. The Balaban J connectivity index is 0.00000225. The number of nitrogens with one attached hydrogen (secondary N) is 1. The first-order valence-corrected chi connectivity index (χ1v) is 9.90. The molecule has 0 aromatic carbocycles. The second-order valence-corrected chi connectivity index (χ2v) is 6.94. The summed E-state index contributed by atoms with van der Waals surface area (Å²) in [5, 5.41) is 11.9. The number of guanidine groups is 1. The Kier molecular flexibility index (Phi) is 7.86. The van der Waals surface area contributed by atoms with E-state index in [1.807, 2.05) is 28.8 Å². The molecule has 2 saturated heterocycles. The molecule has 1 N–H and O–H groups in total. The van der Waals surface area contributed by atoms with Crippen molar-refractivity contribution in [3.05, 3.63) is 30.2 Å². The van der Waals surface area contributed by atoms with Gasteiger partial charge < -0.3 is 19.7 Å². The third-order valence-corrected chi connectivity index (χ3v) is 5.09. The maximum atomic E-state index is 5.96. The molecular weight excluding hydrogens is 471 g/mol. The third kappa shape index (κ3) is 4.93. The average Bonchev–Trinajstić information content (AvgIpc) is 3.38. The number of aromatic nitrogens is 3. The molecule has 0 aliphatic carbocycles. The van der Waals surface area contributed by atoms with Crippen LogP contribution in [0.1, 0.15) is 25.6 Å². The van der Waals surface area contributed by atoms with Crippen molar-refractivity contribution in [2.75, 3.05) is 39.4 Å². The molecule has 4 heterocycles. The molecule has 2 fully saturated rings. The van der Waals surface area contributed by atoms with Gasteiger partial charge in [0.05, 0.1) is 12.7 Å². The van der Waals surface area contributed by atoms with E-state index in [-0.39, 0.29) is 36.2 Å². The highest BCUT2D eigenvalue weighted by Gasteiger charge is 2.32. The topological polar surface area (TPSA) is 76.3 Å². The predicted octanol–water partition coefficient (Wildman–Crippen LogP) is 1.74. The van der Waals surface area contributed by atoms with Gasteiger partial charge in [0.2, 0.25) is 0 Å². The van der Waals surface area contributed by atoms with Gasteiger partial charge in [-0.05, 0) is 31.9 Å². The van der Waals surface area contributed by atoms with Crippen LogP contribution < -0.4 is 5.32 Å². The minimum Gasteiger partial charge on any atom is -0.375 e. The number of morpholine rings is 1. The Morgan fingerprint density at radius 3 is 2.96 bits per heavy atom. The van der Waals surface area contributed by atoms with Crippen LogP contribution in [0.4, 0.5) is 0 Å². The standard InChI is InChI=1S/C19H28N6O2.HI/c1-2-20-19(24-11-13-27-16(14-24)15-6-5-12-26-15)21-9-8-18-23-22-17-7-3-4-10-25(17)18;/h3-4,7,10,15-16H,2,5-6,8-9,11-14H2,1H3,(H,20,21);1H. The van der Waals surface area contributed by atoms with Crippen molar-refractivity contribution in [1.29, 1.82) is 0 Å². The van der Waals surface area contributed by atoms with Crippen molar-refractivity contribution in [1.82, 2.24) is 24.8 Å². The largest absolute Gasteiger partial charge is 0.375 e. The first-order chi connectivity index (χ1) is 13.3. The van der Waals surface area contributed by atoms with Gasteiger partial charge in [0.15, 0.2) is 11.6 Å². The van der Waals surface area contributed by atoms with E-state index < -0.39 is 0 Å². The van der Waals surface area contributed by atoms with Crippen molar-refractivity contribution in [3.63, 3.8) is 0 Å². The van der Waals surface area contributed by atoms with Gasteiger partial charge in [-0.3, -0.25) is 9.39 Å². The van der Waals surface area contributed by atoms with Crippen molar-refractivity contribution in [2.24, 2.45) is 4.99 Å². The monoisotopic (exact) mass is 500 g/mol. The summed E-state index contributed by atoms with van der Waals surface area (Å²) < 4.78 is 13.8. The predicted molar refractivity (Wildman–Crippen MR) is 118 cm³/mol. The highest BCUT2D eigenvalue weighted by molar-refractivity contribution is 14.0. The molecule has 0 spiro atoms. The summed E-state index contributed by atoms with van der Waals surface area (Å²) in [5.41, 5.74) is 0.871. The van der Waals surface area contributed by atoms with Gasteiger partial charge >= 0.3 is 0 Å². The Morgan fingerprint density at radius 1 is 1.25 bits per heavy atom. The third-order valence-electron chi connectivity index (χ3n) is 5.09. The van der Waals surface area contributed by atoms with Crippen molar-refractivity contribution in [2.45, 2.75) is 38.4 Å². The molecule has 2 aromatic rings. The maximum absolute atomic E-state index is 5.96. The van der Waals surface area contributed by atoms with Crippen LogP contribution in [0.5, 0.6) is 0 Å². The number of nitrogens with zero attached hydrogens (tertiary/aromatic N) is 5. The minimum absolute atomic E-state index is 0. The zero-order chi connectivity index (χ0) is 18.5. The Labute approximate surface area is 182 Å². The molecule has 2 aliphatic heterocycles. The van der Waals surface area contributed by atoms with Crippen molar-refractivity contribution in [3.8, 4) is 0 Å². The van der Waals surface area contributed by atoms with E-state index in [9.17, 15) is 0 Å². The van der Waals surface area contributed by atoms with Gasteiger partial charge in [-0.15, -0.1) is 34.2 Å². The molecule has 4 rings (SSSR count). The van der Waals surface area contributed by atoms with Crippen molar-refractivity contribution < 1.29 is 9.47 Å². The van der Waals surface area contributed by atoms with Gasteiger partial charge in [-0.25, -0.2) is 0 Å². The Bertz CT molecular complexity index is 777. The first kappa shape index (κ1) is 21.3. The summed E-state index contributed by atoms with van der Waals surface area (Å²) in [7, 11) is 0. The number of halogens is 1. The van der Waals surface area contributed by atoms with Crippen LogP contribution in [-0.2, 0) is 15.9 Å². The zero-order valence-corrected chi connectivity index (χ0v) is 18.6. The second kappa shape index (κ2) is 10.4. The van der Waals surface area contributed by atoms with Crippen LogP contribution in [0, 0.1) is 0 Å². The minimum atomic E-state index is 0. The van der Waals surface area contributed by atoms with Crippen LogP contribution in [0.2, 0.25) is 0 Å². The van der Waals surface area contributed by atoms with Crippen LogP contribution in [0.3, 0.4) is 0 Å². The molecule has 154 valence electrons. The van der Waals surface area contributed by atoms with E-state index in [2.05, 4.69) is 27.3 Å². The molecule has 9 heteroatoms. The molecule has 2 unspecified atom stereocenters. The van der Waals surface area contributed by atoms with Crippen LogP contribution in [-0.4, -0.2) is 77.1 Å². The average molecular weight is 500 g/mol. The highest BCUT2D eigenvalue weighted by Crippen LogP contribution is 2.21. The van der Waals surface area contributed by atoms with E-state index in [1.165, 1.54) is 0 Å². The SMILES string of the molecule is CCNC(=NCCc1nnc2ccccn12)N1CCOC(C2CCCO2)C1.I. The van der Waals surface area contributed by atoms with E-state index in [0.717, 1.165) is 62.9 Å². The molecule has 0 amide bonds. The Morgan fingerprint density at radius 2 is 2.14 bits per heavy atom. The lowest BCUT2D eigenvalue weighted by molar-refractivity contribution is -0.0817. The van der Waals surface area contributed by atoms with Crippen LogP contribution in [0.25, 0.3) is 5.65 Å². The van der Waals surface area contributed by atoms with Crippen LogP contribution >= 0.6 is 24.0 Å². The molecule has 8 nitrogen and oxygen atoms in total. The second-order valence-electron chi connectivity index (χ2n) is 6.94. The quantitative estimate of drug-likeness (QED) is 0.383. The highest BCUT2D eigenvalue weighted by atomic mass is 127. The smallest absolute Gasteiger partial charge is 0.194 e. The number of aliphatic imine (C=N–C) groups is 1. The summed E-state index contributed by atoms with van der Waals surface area (Å²) in [5.74, 6) is 1.88. The summed E-state index contributed by atoms with van der Waals surface area (Å²) in [6, 6.07) is 5.92. The lowest BCUT2D eigenvalue weighted by atomic mass is 10.1. The maximum Gasteiger partial charge on any atom is 0.194 e. The van der Waals surface area contributed by atoms with E-state index >= 15 is 0 Å². The van der Waals surface area contributed by atoms with E-state index in [4.69, 9.17) is 14.5 Å². The molecule has 2 aromatic heterocycles. The molecule has 2 atom stereocenters. The molecule has 0 radical (unpaired) electrons. The summed E-state index contributed by atoms with van der Waals surface area (Å²) in [6.45, 7) is 6.84. The van der Waals surface area contributed by atoms with Gasteiger partial charge in [0.25, 0.3) is 0 Å². The van der Waals surface area contributed by atoms with Gasteiger partial charge in [0, 0.05) is 45.4 Å². The summed E-state index contributed by atoms with van der Waals surface area (Å²) in [6.07, 6.45) is 5.31. The van der Waals surface area contributed by atoms with Gasteiger partial charge in [0.1, 0.15) is 11.9 Å². The fourth-order valence-electron chi connectivity index (χ4n) is 3.74. The zero-order valence-electron chi connectivity index (χ0n) is 16.3. The fourth-order valence-corrected chi connectivity index (χ4v) is 3.74. The number of hydrogen-bond acceptors (Lipinski definition) is 5. The summed E-state index contributed by atoms with van der Waals surface area (Å²) >= 11 is 0. The van der Waals surface area contributed by atoms with Gasteiger partial charge in [-0.2, -0.15) is 0 Å². The molecule has 28 heavy (non-hydrogen) atoms. The van der Waals surface area contributed by atoms with E-state index in [1.54, 1.807) is 0 Å². The number of fused-ring (bicyclic) bond motifs is 1. The van der Waals surface area contributed by atoms with Crippen LogP contribution in [0.15, 0.2) is 29.4 Å². The first-order valence-electron chi connectivity index (χ1n) is 9.90. The molecule has 2 aliphatic rings. The Hall–Kier alpha value is -1.46. The fraction of sp³-hybridized carbons (Fsp3) is 0.632. The molecular formula is C19H29IN6O2. The van der Waals surface area contributed by atoms with Crippen molar-refractivity contribution >= 4 is 35.6 Å². The molecule has 0 saturated carbocycles. The number of rotatable bonds is 5. The summed E-state index contributed by atoms with van der Waals surface area (Å²) in [4.78, 5) is 7.13. The van der Waals surface area contributed by atoms with E-state index in [0.29, 0.717) is 13.2 Å². The molecule has 0 bridgehead atoms. The lowest BCUT2D eigenvalue weighted by Crippen LogP contribution is -2.53. The number of ether oxygens (including phenoxy) is 2.